The van der Waals surface area contributed by atoms with Gasteiger partial charge in [-0.15, -0.1) is 0 Å². The van der Waals surface area contributed by atoms with Gasteiger partial charge in [0.1, 0.15) is 0 Å². The summed E-state index contributed by atoms with van der Waals surface area (Å²) < 4.78 is 0. The van der Waals surface area contributed by atoms with E-state index >= 15 is 0 Å². The first-order valence-electron chi connectivity index (χ1n) is 6.19. The highest BCUT2D eigenvalue weighted by Crippen LogP contribution is 2.36. The van der Waals surface area contributed by atoms with Crippen LogP contribution in [0.25, 0.3) is 0 Å². The average Bonchev–Trinajstić information content (AvgIpc) is 2.58. The third-order valence-electron chi connectivity index (χ3n) is 3.44. The number of amides is 1. The van der Waals surface area contributed by atoms with Crippen molar-refractivity contribution in [3.63, 3.8) is 0 Å². The Morgan fingerprint density at radius 3 is 2.82 bits per heavy atom. The Labute approximate surface area is 103 Å². The van der Waals surface area contributed by atoms with Gasteiger partial charge in [-0.1, -0.05) is 13.8 Å². The Balaban J connectivity index is 1.98. The predicted molar refractivity (Wildman–Crippen MR) is 67.9 cm³/mol. The van der Waals surface area contributed by atoms with Crippen LogP contribution in [0.4, 0.5) is 0 Å². The van der Waals surface area contributed by atoms with Gasteiger partial charge in [-0.3, -0.25) is 9.78 Å². The molecule has 2 rings (SSSR count). The van der Waals surface area contributed by atoms with Crippen LogP contribution in [0.15, 0.2) is 18.5 Å². The zero-order chi connectivity index (χ0) is 12.5. The molecular formula is C14H20N2O. The highest BCUT2D eigenvalue weighted by Gasteiger charge is 2.31. The van der Waals surface area contributed by atoms with Gasteiger partial charge in [0, 0.05) is 18.4 Å². The van der Waals surface area contributed by atoms with E-state index in [-0.39, 0.29) is 5.91 Å². The first-order chi connectivity index (χ1) is 7.96. The van der Waals surface area contributed by atoms with E-state index in [0.717, 1.165) is 18.4 Å². The number of aryl methyl sites for hydroxylation is 1. The van der Waals surface area contributed by atoms with Crippen LogP contribution < -0.4 is 5.32 Å². The minimum absolute atomic E-state index is 0.00361. The van der Waals surface area contributed by atoms with E-state index in [0.29, 0.717) is 17.0 Å². The maximum absolute atomic E-state index is 12.0. The Kier molecular flexibility index (Phi) is 3.18. The summed E-state index contributed by atoms with van der Waals surface area (Å²) in [5, 5.41) is 3.10. The zero-order valence-electron chi connectivity index (χ0n) is 10.8. The molecule has 1 amide bonds. The summed E-state index contributed by atoms with van der Waals surface area (Å²) in [6, 6.07) is 2.20. The summed E-state index contributed by atoms with van der Waals surface area (Å²) in [6.07, 6.45) is 6.72. The second-order valence-corrected chi connectivity index (χ2v) is 5.83. The number of carbonyl (C=O) groups is 1. The number of nitrogens with one attached hydrogen (secondary N) is 1. The summed E-state index contributed by atoms with van der Waals surface area (Å²) in [5.41, 5.74) is 2.04. The van der Waals surface area contributed by atoms with Gasteiger partial charge in [0.15, 0.2) is 0 Å². The van der Waals surface area contributed by atoms with Crippen molar-refractivity contribution in [2.45, 2.75) is 46.1 Å². The molecule has 0 saturated heterocycles. The van der Waals surface area contributed by atoms with Crippen LogP contribution in [0.1, 0.15) is 49.0 Å². The van der Waals surface area contributed by atoms with Gasteiger partial charge in [0.2, 0.25) is 0 Å². The minimum Gasteiger partial charge on any atom is -0.349 e. The van der Waals surface area contributed by atoms with Crippen LogP contribution in [-0.4, -0.2) is 16.9 Å². The topological polar surface area (TPSA) is 42.0 Å². The van der Waals surface area contributed by atoms with Crippen LogP contribution >= 0.6 is 0 Å². The molecule has 0 radical (unpaired) electrons. The van der Waals surface area contributed by atoms with Gasteiger partial charge in [-0.2, -0.15) is 0 Å². The highest BCUT2D eigenvalue weighted by atomic mass is 16.1. The van der Waals surface area contributed by atoms with Gasteiger partial charge < -0.3 is 5.32 Å². The van der Waals surface area contributed by atoms with Crippen molar-refractivity contribution in [1.29, 1.82) is 0 Å². The summed E-state index contributed by atoms with van der Waals surface area (Å²) in [6.45, 7) is 6.46. The van der Waals surface area contributed by atoms with E-state index in [1.54, 1.807) is 12.4 Å². The average molecular weight is 232 g/mol. The molecule has 17 heavy (non-hydrogen) atoms. The van der Waals surface area contributed by atoms with Crippen molar-refractivity contribution < 1.29 is 4.79 Å². The van der Waals surface area contributed by atoms with E-state index in [1.165, 1.54) is 6.42 Å². The van der Waals surface area contributed by atoms with Crippen LogP contribution in [0, 0.1) is 12.3 Å². The molecule has 0 spiro atoms. The molecule has 3 heteroatoms. The standard InChI is InChI=1S/C14H20N2O/c1-10-6-11(9-15-8-10)13(17)16-12-4-5-14(2,3)7-12/h6,8-9,12H,4-5,7H2,1-3H3,(H,16,17). The second kappa shape index (κ2) is 4.47. The smallest absolute Gasteiger partial charge is 0.253 e. The molecular weight excluding hydrogens is 212 g/mol. The molecule has 1 N–H and O–H groups in total. The lowest BCUT2D eigenvalue weighted by molar-refractivity contribution is 0.0935. The Hall–Kier alpha value is -1.38. The molecule has 1 heterocycles. The van der Waals surface area contributed by atoms with Gasteiger partial charge in [-0.25, -0.2) is 0 Å². The SMILES string of the molecule is Cc1cncc(C(=O)NC2CCC(C)(C)C2)c1. The number of carbonyl (C=O) groups excluding carboxylic acids is 1. The Morgan fingerprint density at radius 1 is 1.47 bits per heavy atom. The first kappa shape index (κ1) is 12.1. The van der Waals surface area contributed by atoms with Crippen LogP contribution in [0.3, 0.4) is 0 Å². The molecule has 92 valence electrons. The fourth-order valence-electron chi connectivity index (χ4n) is 2.51. The minimum atomic E-state index is 0.00361. The van der Waals surface area contributed by atoms with Crippen molar-refractivity contribution >= 4 is 5.91 Å². The first-order valence-corrected chi connectivity index (χ1v) is 6.19. The monoisotopic (exact) mass is 232 g/mol. The number of hydrogen-bond acceptors (Lipinski definition) is 2. The number of rotatable bonds is 2. The molecule has 3 nitrogen and oxygen atoms in total. The maximum Gasteiger partial charge on any atom is 0.253 e. The van der Waals surface area contributed by atoms with E-state index in [2.05, 4.69) is 24.1 Å². The van der Waals surface area contributed by atoms with Crippen LogP contribution in [-0.2, 0) is 0 Å². The zero-order valence-corrected chi connectivity index (χ0v) is 10.8. The summed E-state index contributed by atoms with van der Waals surface area (Å²) in [5.74, 6) is 0.00361. The lowest BCUT2D eigenvalue weighted by atomic mass is 9.92. The number of pyridine rings is 1. The van der Waals surface area contributed by atoms with Gasteiger partial charge in [0.05, 0.1) is 5.56 Å². The largest absolute Gasteiger partial charge is 0.349 e. The molecule has 1 fully saturated rings. The third-order valence-corrected chi connectivity index (χ3v) is 3.44. The number of aromatic nitrogens is 1. The Bertz CT molecular complexity index is 426. The second-order valence-electron chi connectivity index (χ2n) is 5.83. The lowest BCUT2D eigenvalue weighted by Gasteiger charge is -2.17. The molecule has 0 aromatic carbocycles. The predicted octanol–water partition coefficient (Wildman–Crippen LogP) is 2.70. The molecule has 1 saturated carbocycles. The number of nitrogens with zero attached hydrogens (tertiary/aromatic N) is 1. The molecule has 1 atom stereocenters. The quantitative estimate of drug-likeness (QED) is 0.851. The molecule has 1 aliphatic rings. The summed E-state index contributed by atoms with van der Waals surface area (Å²) in [7, 11) is 0. The van der Waals surface area contributed by atoms with Gasteiger partial charge >= 0.3 is 0 Å². The molecule has 0 aliphatic heterocycles. The Morgan fingerprint density at radius 2 is 2.24 bits per heavy atom. The van der Waals surface area contributed by atoms with Crippen molar-refractivity contribution in [2.24, 2.45) is 5.41 Å². The van der Waals surface area contributed by atoms with Crippen LogP contribution in [0.2, 0.25) is 0 Å². The van der Waals surface area contributed by atoms with Gasteiger partial charge in [0.25, 0.3) is 5.91 Å². The van der Waals surface area contributed by atoms with Crippen molar-refractivity contribution in [3.05, 3.63) is 29.6 Å². The highest BCUT2D eigenvalue weighted by molar-refractivity contribution is 5.94. The molecule has 1 unspecified atom stereocenters. The van der Waals surface area contributed by atoms with Gasteiger partial charge in [-0.05, 0) is 43.2 Å². The fourth-order valence-corrected chi connectivity index (χ4v) is 2.51. The molecule has 0 bridgehead atoms. The van der Waals surface area contributed by atoms with E-state index in [9.17, 15) is 4.79 Å². The van der Waals surface area contributed by atoms with Crippen molar-refractivity contribution in [3.8, 4) is 0 Å². The van der Waals surface area contributed by atoms with E-state index in [1.807, 2.05) is 13.0 Å². The fraction of sp³-hybridized carbons (Fsp3) is 0.571. The van der Waals surface area contributed by atoms with E-state index in [4.69, 9.17) is 0 Å². The van der Waals surface area contributed by atoms with E-state index < -0.39 is 0 Å². The molecule has 1 aromatic rings. The molecule has 1 aromatic heterocycles. The van der Waals surface area contributed by atoms with Crippen LogP contribution in [0.5, 0.6) is 0 Å². The molecule has 1 aliphatic carbocycles. The maximum atomic E-state index is 12.0. The van der Waals surface area contributed by atoms with Crippen molar-refractivity contribution in [2.75, 3.05) is 0 Å². The van der Waals surface area contributed by atoms with Crippen molar-refractivity contribution in [1.82, 2.24) is 10.3 Å². The normalized spacial score (nSPS) is 22.4. The number of hydrogen-bond donors (Lipinski definition) is 1. The summed E-state index contributed by atoms with van der Waals surface area (Å²) in [4.78, 5) is 16.1. The lowest BCUT2D eigenvalue weighted by Crippen LogP contribution is -2.33. The third kappa shape index (κ3) is 3.05. The summed E-state index contributed by atoms with van der Waals surface area (Å²) >= 11 is 0.